The molecule has 7 heteroatoms. The number of piperidine rings is 1. The van der Waals surface area contributed by atoms with Gasteiger partial charge in [0.2, 0.25) is 5.91 Å². The predicted octanol–water partition coefficient (Wildman–Crippen LogP) is 3.18. The van der Waals surface area contributed by atoms with E-state index in [1.54, 1.807) is 6.92 Å². The molecule has 1 aromatic carbocycles. The molecule has 0 N–H and O–H groups in total. The molecule has 0 radical (unpaired) electrons. The lowest BCUT2D eigenvalue weighted by Gasteiger charge is -2.43. The van der Waals surface area contributed by atoms with E-state index in [-0.39, 0.29) is 11.8 Å². The summed E-state index contributed by atoms with van der Waals surface area (Å²) in [5, 5.41) is 0.898. The maximum Gasteiger partial charge on any atom is 0.265 e. The number of amides is 2. The van der Waals surface area contributed by atoms with Crippen molar-refractivity contribution in [3.05, 3.63) is 45.4 Å². The highest BCUT2D eigenvalue weighted by Crippen LogP contribution is 2.35. The highest BCUT2D eigenvalue weighted by Gasteiger charge is 2.43. The molecule has 2 aliphatic heterocycles. The van der Waals surface area contributed by atoms with Crippen molar-refractivity contribution in [1.29, 1.82) is 0 Å². The normalized spacial score (nSPS) is 21.8. The molecule has 148 valence electrons. The number of nitrogens with zero attached hydrogens (tertiary/aromatic N) is 3. The van der Waals surface area contributed by atoms with E-state index < -0.39 is 5.60 Å². The number of ether oxygens (including phenoxy) is 1. The number of hydrogen-bond acceptors (Lipinski definition) is 5. The minimum Gasteiger partial charge on any atom is -0.483 e. The summed E-state index contributed by atoms with van der Waals surface area (Å²) in [4.78, 5) is 34.2. The number of hydrogen-bond donors (Lipinski definition) is 0. The first-order valence-electron chi connectivity index (χ1n) is 9.63. The Morgan fingerprint density at radius 1 is 1.18 bits per heavy atom. The topological polar surface area (TPSA) is 62.7 Å². The molecule has 2 aliphatic rings. The largest absolute Gasteiger partial charge is 0.483 e. The Morgan fingerprint density at radius 3 is 2.64 bits per heavy atom. The lowest BCUT2D eigenvalue weighted by molar-refractivity contribution is -0.132. The fourth-order valence-electron chi connectivity index (χ4n) is 4.19. The van der Waals surface area contributed by atoms with E-state index >= 15 is 0 Å². The minimum absolute atomic E-state index is 0.0117. The molecule has 2 amide bonds. The summed E-state index contributed by atoms with van der Waals surface area (Å²) in [5.41, 5.74) is 1.20. The van der Waals surface area contributed by atoms with E-state index in [4.69, 9.17) is 4.74 Å². The van der Waals surface area contributed by atoms with Gasteiger partial charge in [-0.2, -0.15) is 0 Å². The highest BCUT2D eigenvalue weighted by atomic mass is 32.1. The van der Waals surface area contributed by atoms with Gasteiger partial charge in [0.05, 0.1) is 23.8 Å². The van der Waals surface area contributed by atoms with Crippen LogP contribution in [0, 0.1) is 13.8 Å². The number of benzene rings is 1. The van der Waals surface area contributed by atoms with Crippen molar-refractivity contribution < 1.29 is 14.3 Å². The number of thiazole rings is 1. The zero-order chi connectivity index (χ0) is 19.9. The number of aromatic nitrogens is 1. The Kier molecular flexibility index (Phi) is 4.87. The molecule has 0 saturated carbocycles. The fraction of sp³-hybridized carbons (Fsp3) is 0.476. The quantitative estimate of drug-likeness (QED) is 0.739. The van der Waals surface area contributed by atoms with Crippen molar-refractivity contribution in [2.24, 2.45) is 0 Å². The van der Waals surface area contributed by atoms with Gasteiger partial charge in [-0.05, 0) is 32.8 Å². The van der Waals surface area contributed by atoms with Crippen LogP contribution in [0.3, 0.4) is 0 Å². The van der Waals surface area contributed by atoms with Gasteiger partial charge in [-0.3, -0.25) is 9.59 Å². The van der Waals surface area contributed by atoms with E-state index in [2.05, 4.69) is 4.98 Å². The van der Waals surface area contributed by atoms with Gasteiger partial charge in [-0.25, -0.2) is 4.98 Å². The second-order valence-corrected chi connectivity index (χ2v) is 8.95. The molecule has 1 fully saturated rings. The van der Waals surface area contributed by atoms with E-state index in [1.807, 2.05) is 47.9 Å². The number of carbonyl (C=O) groups is 2. The van der Waals surface area contributed by atoms with Crippen LogP contribution in [0.2, 0.25) is 0 Å². The molecule has 1 saturated heterocycles. The van der Waals surface area contributed by atoms with E-state index in [0.717, 1.165) is 34.9 Å². The van der Waals surface area contributed by atoms with Gasteiger partial charge in [0.15, 0.2) is 0 Å². The Hall–Kier alpha value is -2.41. The van der Waals surface area contributed by atoms with E-state index in [0.29, 0.717) is 31.1 Å². The molecule has 6 nitrogen and oxygen atoms in total. The molecule has 4 rings (SSSR count). The van der Waals surface area contributed by atoms with Gasteiger partial charge in [-0.1, -0.05) is 18.2 Å². The summed E-state index contributed by atoms with van der Waals surface area (Å²) in [6.07, 6.45) is 1.66. The predicted molar refractivity (Wildman–Crippen MR) is 108 cm³/mol. The summed E-state index contributed by atoms with van der Waals surface area (Å²) in [5.74, 6) is 0.847. The van der Waals surface area contributed by atoms with E-state index in [1.165, 1.54) is 11.3 Å². The van der Waals surface area contributed by atoms with Crippen LogP contribution in [0.5, 0.6) is 5.75 Å². The maximum atomic E-state index is 13.2. The van der Waals surface area contributed by atoms with Gasteiger partial charge in [-0.15, -0.1) is 11.3 Å². The van der Waals surface area contributed by atoms with Crippen molar-refractivity contribution in [3.8, 4) is 5.75 Å². The summed E-state index contributed by atoms with van der Waals surface area (Å²) < 4.78 is 6.52. The second-order valence-electron chi connectivity index (χ2n) is 7.75. The van der Waals surface area contributed by atoms with Crippen molar-refractivity contribution in [1.82, 2.24) is 14.8 Å². The van der Waals surface area contributed by atoms with Gasteiger partial charge < -0.3 is 14.5 Å². The monoisotopic (exact) mass is 399 g/mol. The third kappa shape index (κ3) is 3.51. The molecule has 2 aromatic rings. The Balaban J connectivity index is 1.65. The number of fused-ring (bicyclic) bond motifs is 1. The Morgan fingerprint density at radius 2 is 1.93 bits per heavy atom. The molecule has 0 unspecified atom stereocenters. The zero-order valence-electron chi connectivity index (χ0n) is 16.5. The first-order valence-corrected chi connectivity index (χ1v) is 10.4. The third-order valence-electron chi connectivity index (χ3n) is 5.51. The number of carbonyl (C=O) groups excluding carboxylic acids is 2. The van der Waals surface area contributed by atoms with Crippen LogP contribution in [0.4, 0.5) is 0 Å². The van der Waals surface area contributed by atoms with Crippen LogP contribution < -0.4 is 4.74 Å². The second kappa shape index (κ2) is 7.20. The highest BCUT2D eigenvalue weighted by molar-refractivity contribution is 7.13. The van der Waals surface area contributed by atoms with Gasteiger partial charge in [0.1, 0.15) is 16.2 Å². The lowest BCUT2D eigenvalue weighted by Crippen LogP contribution is -2.58. The van der Waals surface area contributed by atoms with Crippen LogP contribution in [-0.2, 0) is 11.3 Å². The molecule has 1 aromatic heterocycles. The smallest absolute Gasteiger partial charge is 0.265 e. The van der Waals surface area contributed by atoms with Crippen LogP contribution >= 0.6 is 11.3 Å². The first-order chi connectivity index (χ1) is 13.4. The molecule has 28 heavy (non-hydrogen) atoms. The molecular weight excluding hydrogens is 374 g/mol. The average Bonchev–Trinajstić information content (AvgIpc) is 2.91. The molecule has 3 heterocycles. The molecule has 1 atom stereocenters. The van der Waals surface area contributed by atoms with Gasteiger partial charge in [0, 0.05) is 25.6 Å². The zero-order valence-corrected chi connectivity index (χ0v) is 17.3. The number of aryl methyl sites for hydroxylation is 2. The first kappa shape index (κ1) is 18.9. The van der Waals surface area contributed by atoms with Crippen LogP contribution in [-0.4, -0.2) is 51.8 Å². The SMILES string of the molecule is CC(=O)N1Cc2ccccc2O[C@]2(CCCN(C(=O)c3sc(C)nc3C)C2)C1. The summed E-state index contributed by atoms with van der Waals surface area (Å²) in [6.45, 7) is 7.59. The molecule has 0 bridgehead atoms. The minimum atomic E-state index is -0.584. The Bertz CT molecular complexity index is 925. The van der Waals surface area contributed by atoms with Gasteiger partial charge >= 0.3 is 0 Å². The molecule has 1 spiro atoms. The summed E-state index contributed by atoms with van der Waals surface area (Å²) in [7, 11) is 0. The molecular formula is C21H25N3O3S. The maximum absolute atomic E-state index is 13.2. The van der Waals surface area contributed by atoms with Crippen molar-refractivity contribution in [2.45, 2.75) is 45.8 Å². The van der Waals surface area contributed by atoms with E-state index in [9.17, 15) is 9.59 Å². The summed E-state index contributed by atoms with van der Waals surface area (Å²) in [6, 6.07) is 7.87. The van der Waals surface area contributed by atoms with Crippen LogP contribution in [0.25, 0.3) is 0 Å². The lowest BCUT2D eigenvalue weighted by atomic mass is 9.91. The fourth-order valence-corrected chi connectivity index (χ4v) is 5.08. The van der Waals surface area contributed by atoms with Crippen LogP contribution in [0.1, 0.15) is 45.7 Å². The number of likely N-dealkylation sites (tertiary alicyclic amines) is 1. The van der Waals surface area contributed by atoms with Crippen molar-refractivity contribution in [2.75, 3.05) is 19.6 Å². The average molecular weight is 400 g/mol. The number of para-hydroxylation sites is 1. The number of rotatable bonds is 1. The van der Waals surface area contributed by atoms with Crippen molar-refractivity contribution in [3.63, 3.8) is 0 Å². The Labute approximate surface area is 169 Å². The molecule has 0 aliphatic carbocycles. The third-order valence-corrected chi connectivity index (χ3v) is 6.57. The standard InChI is InChI=1S/C21H25N3O3S/c1-14-19(28-15(2)22-14)20(26)23-10-6-9-21(12-23)13-24(16(3)25)11-17-7-4-5-8-18(17)27-21/h4-5,7-8H,6,9-13H2,1-3H3/t21-/m0/s1. The van der Waals surface area contributed by atoms with Crippen LogP contribution in [0.15, 0.2) is 24.3 Å². The van der Waals surface area contributed by atoms with Crippen molar-refractivity contribution >= 4 is 23.2 Å². The summed E-state index contributed by atoms with van der Waals surface area (Å²) >= 11 is 1.44. The van der Waals surface area contributed by atoms with Gasteiger partial charge in [0.25, 0.3) is 5.91 Å².